The van der Waals surface area contributed by atoms with Crippen LogP contribution in [0.4, 0.5) is 10.1 Å². The molecule has 0 radical (unpaired) electrons. The summed E-state index contributed by atoms with van der Waals surface area (Å²) >= 11 is 0. The highest BCUT2D eigenvalue weighted by Crippen LogP contribution is 2.35. The number of anilines is 1. The van der Waals surface area contributed by atoms with Crippen LogP contribution in [0.25, 0.3) is 17.0 Å². The van der Waals surface area contributed by atoms with E-state index in [9.17, 15) is 9.59 Å². The van der Waals surface area contributed by atoms with Gasteiger partial charge in [0.1, 0.15) is 11.4 Å². The number of rotatable bonds is 5. The zero-order valence-corrected chi connectivity index (χ0v) is 16.9. The largest absolute Gasteiger partial charge is 0.462 e. The summed E-state index contributed by atoms with van der Waals surface area (Å²) in [4.78, 5) is 27.4. The SMILES string of the molecule is C/C=C\c1c(N2CCCC2)c(F)cc2c(=O)c(C(=O)OCC)cn(C(C)C)c12. The number of fused-ring (bicyclic) bond motifs is 1. The Labute approximate surface area is 164 Å². The van der Waals surface area contributed by atoms with Gasteiger partial charge in [-0.1, -0.05) is 12.2 Å². The van der Waals surface area contributed by atoms with Crippen LogP contribution in [-0.4, -0.2) is 30.2 Å². The third-order valence-corrected chi connectivity index (χ3v) is 5.09. The van der Waals surface area contributed by atoms with Gasteiger partial charge in [-0.15, -0.1) is 0 Å². The minimum absolute atomic E-state index is 0.0304. The highest BCUT2D eigenvalue weighted by molar-refractivity contribution is 5.98. The summed E-state index contributed by atoms with van der Waals surface area (Å²) in [6, 6.07) is 1.25. The van der Waals surface area contributed by atoms with Crippen LogP contribution in [0.1, 0.15) is 62.5 Å². The number of nitrogens with zero attached hydrogens (tertiary/aromatic N) is 2. The van der Waals surface area contributed by atoms with Crippen molar-refractivity contribution in [2.24, 2.45) is 0 Å². The molecule has 1 aromatic heterocycles. The van der Waals surface area contributed by atoms with Gasteiger partial charge < -0.3 is 14.2 Å². The van der Waals surface area contributed by atoms with Crippen LogP contribution in [0, 0.1) is 5.82 Å². The number of carbonyl (C=O) groups is 1. The Morgan fingerprint density at radius 2 is 2.00 bits per heavy atom. The second kappa shape index (κ2) is 8.17. The summed E-state index contributed by atoms with van der Waals surface area (Å²) in [5, 5.41) is 0.202. The molecular formula is C22H27FN2O3. The molecule has 150 valence electrons. The Hall–Kier alpha value is -2.63. The first-order valence-corrected chi connectivity index (χ1v) is 9.86. The molecule has 0 spiro atoms. The lowest BCUT2D eigenvalue weighted by molar-refractivity contribution is 0.0524. The maximum Gasteiger partial charge on any atom is 0.343 e. The molecule has 0 saturated carbocycles. The Bertz CT molecular complexity index is 986. The topological polar surface area (TPSA) is 51.5 Å². The number of ether oxygens (including phenoxy) is 1. The van der Waals surface area contributed by atoms with E-state index in [1.165, 1.54) is 6.07 Å². The molecular weight excluding hydrogens is 359 g/mol. The van der Waals surface area contributed by atoms with Crippen LogP contribution in [0.15, 0.2) is 23.1 Å². The molecule has 6 heteroatoms. The van der Waals surface area contributed by atoms with Gasteiger partial charge in [0.25, 0.3) is 0 Å². The molecule has 1 aliphatic rings. The summed E-state index contributed by atoms with van der Waals surface area (Å²) in [5.74, 6) is -1.11. The van der Waals surface area contributed by atoms with Crippen molar-refractivity contribution in [2.75, 3.05) is 24.6 Å². The lowest BCUT2D eigenvalue weighted by Crippen LogP contribution is -2.25. The summed E-state index contributed by atoms with van der Waals surface area (Å²) in [5.41, 5.74) is 1.29. The maximum absolute atomic E-state index is 15.2. The van der Waals surface area contributed by atoms with E-state index in [-0.39, 0.29) is 23.6 Å². The first kappa shape index (κ1) is 20.1. The van der Waals surface area contributed by atoms with Gasteiger partial charge in [-0.25, -0.2) is 9.18 Å². The molecule has 0 N–H and O–H groups in total. The zero-order chi connectivity index (χ0) is 20.4. The number of halogens is 1. The fourth-order valence-electron chi connectivity index (χ4n) is 3.86. The molecule has 2 heterocycles. The minimum atomic E-state index is -0.680. The van der Waals surface area contributed by atoms with Crippen LogP contribution in [0.5, 0.6) is 0 Å². The molecule has 1 aliphatic heterocycles. The summed E-state index contributed by atoms with van der Waals surface area (Å²) < 4.78 is 22.1. The fourth-order valence-corrected chi connectivity index (χ4v) is 3.86. The molecule has 0 amide bonds. The highest BCUT2D eigenvalue weighted by Gasteiger charge is 2.26. The average molecular weight is 386 g/mol. The number of carbonyl (C=O) groups excluding carboxylic acids is 1. The average Bonchev–Trinajstić information content (AvgIpc) is 3.16. The van der Waals surface area contributed by atoms with Crippen LogP contribution in [-0.2, 0) is 4.74 Å². The van der Waals surface area contributed by atoms with Gasteiger partial charge in [0.15, 0.2) is 0 Å². The van der Waals surface area contributed by atoms with Crippen molar-refractivity contribution in [3.63, 3.8) is 0 Å². The third-order valence-electron chi connectivity index (χ3n) is 5.09. The Kier molecular flexibility index (Phi) is 5.87. The quantitative estimate of drug-likeness (QED) is 0.709. The van der Waals surface area contributed by atoms with E-state index in [4.69, 9.17) is 4.74 Å². The van der Waals surface area contributed by atoms with Crippen LogP contribution in [0.3, 0.4) is 0 Å². The Morgan fingerprint density at radius 3 is 2.57 bits per heavy atom. The molecule has 28 heavy (non-hydrogen) atoms. The van der Waals surface area contributed by atoms with Crippen LogP contribution < -0.4 is 10.3 Å². The Morgan fingerprint density at radius 1 is 1.32 bits per heavy atom. The fraction of sp³-hybridized carbons (Fsp3) is 0.455. The molecule has 1 fully saturated rings. The Balaban J connectivity index is 2.43. The van der Waals surface area contributed by atoms with Crippen LogP contribution in [0.2, 0.25) is 0 Å². The minimum Gasteiger partial charge on any atom is -0.462 e. The molecule has 0 atom stereocenters. The van der Waals surface area contributed by atoms with Gasteiger partial charge >= 0.3 is 5.97 Å². The van der Waals surface area contributed by atoms with Gasteiger partial charge in [-0.05, 0) is 46.6 Å². The number of hydrogen-bond donors (Lipinski definition) is 0. The van der Waals surface area contributed by atoms with Crippen molar-refractivity contribution in [1.29, 1.82) is 0 Å². The molecule has 5 nitrogen and oxygen atoms in total. The lowest BCUT2D eigenvalue weighted by atomic mass is 10.0. The van der Waals surface area contributed by atoms with Gasteiger partial charge in [-0.2, -0.15) is 0 Å². The van der Waals surface area contributed by atoms with Crippen molar-refractivity contribution in [3.05, 3.63) is 45.5 Å². The van der Waals surface area contributed by atoms with Crippen molar-refractivity contribution in [1.82, 2.24) is 4.57 Å². The van der Waals surface area contributed by atoms with E-state index in [2.05, 4.69) is 0 Å². The van der Waals surface area contributed by atoms with Crippen LogP contribution >= 0.6 is 0 Å². The molecule has 1 saturated heterocycles. The van der Waals surface area contributed by atoms with E-state index in [0.717, 1.165) is 25.9 Å². The smallest absolute Gasteiger partial charge is 0.343 e. The van der Waals surface area contributed by atoms with E-state index in [1.807, 2.05) is 42.4 Å². The monoisotopic (exact) mass is 386 g/mol. The van der Waals surface area contributed by atoms with E-state index in [1.54, 1.807) is 13.1 Å². The standard InChI is InChI=1S/C22H27FN2O3/c1-5-9-15-19-16(12-18(23)20(15)24-10-7-8-11-24)21(26)17(22(27)28-6-2)13-25(19)14(3)4/h5,9,12-14H,6-8,10-11H2,1-4H3/b9-5-. The normalized spacial score (nSPS) is 14.6. The summed E-state index contributed by atoms with van der Waals surface area (Å²) in [6.07, 6.45) is 7.28. The predicted molar refractivity (Wildman–Crippen MR) is 111 cm³/mol. The molecule has 3 rings (SSSR count). The molecule has 0 aliphatic carbocycles. The molecule has 0 bridgehead atoms. The zero-order valence-electron chi connectivity index (χ0n) is 16.9. The molecule has 2 aromatic rings. The number of benzene rings is 1. The number of aromatic nitrogens is 1. The van der Waals surface area contributed by atoms with Gasteiger partial charge in [0, 0.05) is 30.9 Å². The first-order chi connectivity index (χ1) is 13.4. The van der Waals surface area contributed by atoms with E-state index < -0.39 is 17.2 Å². The van der Waals surface area contributed by atoms with E-state index in [0.29, 0.717) is 16.8 Å². The number of esters is 1. The van der Waals surface area contributed by atoms with Crippen molar-refractivity contribution in [3.8, 4) is 0 Å². The predicted octanol–water partition coefficient (Wildman–Crippen LogP) is 4.53. The number of allylic oxidation sites excluding steroid dienone is 1. The number of pyridine rings is 1. The molecule has 0 unspecified atom stereocenters. The first-order valence-electron chi connectivity index (χ1n) is 9.86. The van der Waals surface area contributed by atoms with Gasteiger partial charge in [-0.3, -0.25) is 4.79 Å². The highest BCUT2D eigenvalue weighted by atomic mass is 19.1. The lowest BCUT2D eigenvalue weighted by Gasteiger charge is -2.25. The van der Waals surface area contributed by atoms with Crippen molar-refractivity contribution < 1.29 is 13.9 Å². The van der Waals surface area contributed by atoms with Crippen molar-refractivity contribution in [2.45, 2.75) is 46.6 Å². The third kappa shape index (κ3) is 3.43. The number of hydrogen-bond acceptors (Lipinski definition) is 4. The summed E-state index contributed by atoms with van der Waals surface area (Å²) in [7, 11) is 0. The maximum atomic E-state index is 15.2. The molecule has 1 aromatic carbocycles. The second-order valence-corrected chi connectivity index (χ2v) is 7.30. The summed E-state index contributed by atoms with van der Waals surface area (Å²) in [6.45, 7) is 9.25. The second-order valence-electron chi connectivity index (χ2n) is 7.30. The van der Waals surface area contributed by atoms with Gasteiger partial charge in [0.2, 0.25) is 5.43 Å². The van der Waals surface area contributed by atoms with Crippen molar-refractivity contribution >= 4 is 28.6 Å². The van der Waals surface area contributed by atoms with Gasteiger partial charge in [0.05, 0.1) is 23.2 Å². The van der Waals surface area contributed by atoms with E-state index >= 15 is 4.39 Å².